The van der Waals surface area contributed by atoms with Gasteiger partial charge in [-0.05, 0) is 31.2 Å². The maximum atomic E-state index is 13.1. The number of pyridine rings is 1. The van der Waals surface area contributed by atoms with E-state index in [1.807, 2.05) is 0 Å². The summed E-state index contributed by atoms with van der Waals surface area (Å²) in [5.41, 5.74) is 5.16. The predicted octanol–water partition coefficient (Wildman–Crippen LogP) is 3.19. The van der Waals surface area contributed by atoms with Crippen LogP contribution in [-0.4, -0.2) is 36.2 Å². The SMILES string of the molecule is Cc1oc2ccc(OCc3cccnc3C(F)(F)F)cc2c1C(=O)NCC1(N)COC1. The van der Waals surface area contributed by atoms with Gasteiger partial charge in [0.2, 0.25) is 0 Å². The Morgan fingerprint density at radius 1 is 1.32 bits per heavy atom. The zero-order valence-corrected chi connectivity index (χ0v) is 16.6. The van der Waals surface area contributed by atoms with Crippen molar-refractivity contribution in [1.29, 1.82) is 0 Å². The van der Waals surface area contributed by atoms with Crippen LogP contribution in [0.5, 0.6) is 5.75 Å². The molecule has 2 aromatic heterocycles. The third-order valence-corrected chi connectivity index (χ3v) is 5.00. The number of nitrogens with zero attached hydrogens (tertiary/aromatic N) is 1. The van der Waals surface area contributed by atoms with Crippen molar-refractivity contribution in [3.63, 3.8) is 0 Å². The molecule has 1 aliphatic rings. The lowest BCUT2D eigenvalue weighted by molar-refractivity contribution is -0.142. The molecule has 4 rings (SSSR count). The van der Waals surface area contributed by atoms with Crippen LogP contribution < -0.4 is 15.8 Å². The molecular weight excluding hydrogens is 415 g/mol. The number of alkyl halides is 3. The van der Waals surface area contributed by atoms with E-state index in [1.54, 1.807) is 25.1 Å². The van der Waals surface area contributed by atoms with Crippen LogP contribution in [0, 0.1) is 6.92 Å². The molecule has 0 unspecified atom stereocenters. The Hall–Kier alpha value is -3.11. The molecule has 0 radical (unpaired) electrons. The first-order chi connectivity index (χ1) is 14.7. The summed E-state index contributed by atoms with van der Waals surface area (Å²) in [5, 5.41) is 3.28. The van der Waals surface area contributed by atoms with E-state index in [4.69, 9.17) is 19.6 Å². The summed E-state index contributed by atoms with van der Waals surface area (Å²) in [5.74, 6) is 0.339. The van der Waals surface area contributed by atoms with E-state index in [-0.39, 0.29) is 24.6 Å². The van der Waals surface area contributed by atoms with Crippen LogP contribution in [0.25, 0.3) is 11.0 Å². The highest BCUT2D eigenvalue weighted by Crippen LogP contribution is 2.32. The lowest BCUT2D eigenvalue weighted by Crippen LogP contribution is -2.63. The third-order valence-electron chi connectivity index (χ3n) is 5.00. The summed E-state index contributed by atoms with van der Waals surface area (Å²) in [6.45, 7) is 2.30. The molecule has 164 valence electrons. The maximum absolute atomic E-state index is 13.1. The molecule has 0 spiro atoms. The molecule has 1 aliphatic heterocycles. The van der Waals surface area contributed by atoms with E-state index in [0.717, 1.165) is 6.20 Å². The smallest absolute Gasteiger partial charge is 0.433 e. The molecule has 1 saturated heterocycles. The van der Waals surface area contributed by atoms with E-state index in [2.05, 4.69) is 10.3 Å². The van der Waals surface area contributed by atoms with Crippen LogP contribution >= 0.6 is 0 Å². The van der Waals surface area contributed by atoms with Crippen molar-refractivity contribution in [2.24, 2.45) is 5.73 Å². The van der Waals surface area contributed by atoms with Crippen molar-refractivity contribution >= 4 is 16.9 Å². The fourth-order valence-electron chi connectivity index (χ4n) is 3.35. The molecule has 7 nitrogen and oxygen atoms in total. The van der Waals surface area contributed by atoms with E-state index in [0.29, 0.717) is 41.3 Å². The molecule has 3 heterocycles. The minimum atomic E-state index is -4.58. The first-order valence-corrected chi connectivity index (χ1v) is 9.48. The Morgan fingerprint density at radius 3 is 2.77 bits per heavy atom. The van der Waals surface area contributed by atoms with Crippen molar-refractivity contribution in [3.8, 4) is 5.75 Å². The van der Waals surface area contributed by atoms with E-state index in [9.17, 15) is 18.0 Å². The fourth-order valence-corrected chi connectivity index (χ4v) is 3.35. The summed E-state index contributed by atoms with van der Waals surface area (Å²) >= 11 is 0. The number of amides is 1. The van der Waals surface area contributed by atoms with E-state index < -0.39 is 17.4 Å². The number of rotatable bonds is 6. The molecule has 0 aliphatic carbocycles. The number of aromatic nitrogens is 1. The average molecular weight is 435 g/mol. The molecule has 31 heavy (non-hydrogen) atoms. The second-order valence-electron chi connectivity index (χ2n) is 7.53. The van der Waals surface area contributed by atoms with Crippen LogP contribution in [0.4, 0.5) is 13.2 Å². The Kier molecular flexibility index (Phi) is 5.36. The summed E-state index contributed by atoms with van der Waals surface area (Å²) in [7, 11) is 0. The van der Waals surface area contributed by atoms with Gasteiger partial charge < -0.3 is 24.9 Å². The molecule has 3 aromatic rings. The summed E-state index contributed by atoms with van der Waals surface area (Å²) in [6, 6.07) is 7.46. The third kappa shape index (κ3) is 4.35. The second-order valence-corrected chi connectivity index (χ2v) is 7.53. The lowest BCUT2D eigenvalue weighted by Gasteiger charge is -2.37. The molecule has 0 atom stereocenters. The number of benzene rings is 1. The fraction of sp³-hybridized carbons (Fsp3) is 0.333. The van der Waals surface area contributed by atoms with Gasteiger partial charge >= 0.3 is 6.18 Å². The summed E-state index contributed by atoms with van der Waals surface area (Å²) in [4.78, 5) is 16.1. The topological polar surface area (TPSA) is 99.6 Å². The highest BCUT2D eigenvalue weighted by atomic mass is 19.4. The first-order valence-electron chi connectivity index (χ1n) is 9.48. The molecule has 1 fully saturated rings. The Balaban J connectivity index is 1.54. The number of carbonyl (C=O) groups excluding carboxylic acids is 1. The monoisotopic (exact) mass is 435 g/mol. The zero-order valence-electron chi connectivity index (χ0n) is 16.6. The Morgan fingerprint density at radius 2 is 2.10 bits per heavy atom. The van der Waals surface area contributed by atoms with Gasteiger partial charge in [0, 0.05) is 23.7 Å². The number of aryl methyl sites for hydroxylation is 1. The van der Waals surface area contributed by atoms with E-state index in [1.165, 1.54) is 12.1 Å². The minimum Gasteiger partial charge on any atom is -0.489 e. The molecule has 10 heteroatoms. The predicted molar refractivity (Wildman–Crippen MR) is 105 cm³/mol. The van der Waals surface area contributed by atoms with Crippen LogP contribution in [0.1, 0.15) is 27.4 Å². The normalized spacial score (nSPS) is 15.5. The molecule has 1 amide bonds. The van der Waals surface area contributed by atoms with Crippen molar-refractivity contribution in [3.05, 3.63) is 59.1 Å². The quantitative estimate of drug-likeness (QED) is 0.617. The van der Waals surface area contributed by atoms with Gasteiger partial charge in [-0.3, -0.25) is 9.78 Å². The number of fused-ring (bicyclic) bond motifs is 1. The summed E-state index contributed by atoms with van der Waals surface area (Å²) in [6.07, 6.45) is -3.50. The zero-order chi connectivity index (χ0) is 22.2. The van der Waals surface area contributed by atoms with Gasteiger partial charge in [0.15, 0.2) is 5.69 Å². The number of hydrogen-bond donors (Lipinski definition) is 2. The van der Waals surface area contributed by atoms with E-state index >= 15 is 0 Å². The Bertz CT molecular complexity index is 1120. The highest BCUT2D eigenvalue weighted by Gasteiger charge is 2.36. The lowest BCUT2D eigenvalue weighted by atomic mass is 9.99. The van der Waals surface area contributed by atoms with Gasteiger partial charge in [0.05, 0.1) is 24.3 Å². The average Bonchev–Trinajstić information content (AvgIpc) is 3.03. The van der Waals surface area contributed by atoms with Crippen LogP contribution in [0.3, 0.4) is 0 Å². The van der Waals surface area contributed by atoms with Gasteiger partial charge in [-0.15, -0.1) is 0 Å². The number of halogens is 3. The first kappa shape index (κ1) is 21.1. The molecular formula is C21H20F3N3O4. The number of carbonyl (C=O) groups is 1. The number of furan rings is 1. The van der Waals surface area contributed by atoms with Crippen LogP contribution in [0.15, 0.2) is 40.9 Å². The van der Waals surface area contributed by atoms with Gasteiger partial charge in [-0.1, -0.05) is 6.07 Å². The number of nitrogens with one attached hydrogen (secondary N) is 1. The van der Waals surface area contributed by atoms with Gasteiger partial charge in [-0.25, -0.2) is 0 Å². The van der Waals surface area contributed by atoms with Crippen molar-refractivity contribution in [1.82, 2.24) is 10.3 Å². The van der Waals surface area contributed by atoms with Crippen molar-refractivity contribution < 1.29 is 31.9 Å². The van der Waals surface area contributed by atoms with Crippen LogP contribution in [-0.2, 0) is 17.5 Å². The van der Waals surface area contributed by atoms with Gasteiger partial charge in [0.1, 0.15) is 23.7 Å². The Labute approximate surface area is 175 Å². The molecule has 0 bridgehead atoms. The van der Waals surface area contributed by atoms with Crippen molar-refractivity contribution in [2.75, 3.05) is 19.8 Å². The second kappa shape index (κ2) is 7.86. The van der Waals surface area contributed by atoms with Gasteiger partial charge in [0.25, 0.3) is 5.91 Å². The number of nitrogens with two attached hydrogens (primary N) is 1. The van der Waals surface area contributed by atoms with Gasteiger partial charge in [-0.2, -0.15) is 13.2 Å². The molecule has 1 aromatic carbocycles. The minimum absolute atomic E-state index is 0.0904. The highest BCUT2D eigenvalue weighted by molar-refractivity contribution is 6.07. The largest absolute Gasteiger partial charge is 0.489 e. The summed E-state index contributed by atoms with van der Waals surface area (Å²) < 4.78 is 55.7. The van der Waals surface area contributed by atoms with Crippen LogP contribution in [0.2, 0.25) is 0 Å². The number of hydrogen-bond acceptors (Lipinski definition) is 6. The standard InChI is InChI=1S/C21H20F3N3O4/c1-12-17(19(28)27-9-20(25)10-29-11-20)15-7-14(4-5-16(15)31-12)30-8-13-3-2-6-26-18(13)21(22,23)24/h2-7H,8-11,25H2,1H3,(H,27,28). The molecule has 0 saturated carbocycles. The molecule has 3 N–H and O–H groups in total. The maximum Gasteiger partial charge on any atom is 0.433 e. The number of ether oxygens (including phenoxy) is 2. The van der Waals surface area contributed by atoms with Crippen molar-refractivity contribution in [2.45, 2.75) is 25.2 Å².